The minimum Gasteiger partial charge on any atom is -0.497 e. The lowest BCUT2D eigenvalue weighted by atomic mass is 10.1. The molecular weight excluding hydrogens is 339 g/mol. The second-order valence-corrected chi connectivity index (χ2v) is 5.47. The number of hydrogen-bond donors (Lipinski definition) is 1. The van der Waals surface area contributed by atoms with Gasteiger partial charge in [-0.15, -0.1) is 0 Å². The molecule has 26 heavy (non-hydrogen) atoms. The highest BCUT2D eigenvalue weighted by Crippen LogP contribution is 2.21. The monoisotopic (exact) mass is 354 g/mol. The Hall–Kier alpha value is -3.48. The highest BCUT2D eigenvalue weighted by Gasteiger charge is 2.14. The van der Waals surface area contributed by atoms with E-state index in [1.807, 2.05) is 0 Å². The van der Waals surface area contributed by atoms with Crippen molar-refractivity contribution in [1.29, 1.82) is 0 Å². The number of halogens is 1. The molecule has 7 heteroatoms. The number of rotatable bonds is 3. The van der Waals surface area contributed by atoms with Gasteiger partial charge in [0, 0.05) is 12.3 Å². The first-order valence-electron chi connectivity index (χ1n) is 7.70. The van der Waals surface area contributed by atoms with Crippen LogP contribution in [0.2, 0.25) is 0 Å². The normalized spacial score (nSPS) is 11.4. The fourth-order valence-electron chi connectivity index (χ4n) is 2.37. The van der Waals surface area contributed by atoms with E-state index in [0.717, 1.165) is 0 Å². The maximum atomic E-state index is 13.4. The number of benzene rings is 2. The summed E-state index contributed by atoms with van der Waals surface area (Å²) in [6.07, 6.45) is 0. The van der Waals surface area contributed by atoms with Crippen LogP contribution in [0.1, 0.15) is 17.3 Å². The van der Waals surface area contributed by atoms with Crippen LogP contribution in [-0.2, 0) is 4.79 Å². The smallest absolute Gasteiger partial charge is 0.263 e. The molecule has 0 aliphatic heterocycles. The van der Waals surface area contributed by atoms with Crippen LogP contribution in [0, 0.1) is 5.82 Å². The number of amides is 2. The predicted molar refractivity (Wildman–Crippen MR) is 92.5 cm³/mol. The topological polar surface area (TPSA) is 80.9 Å². The van der Waals surface area contributed by atoms with E-state index < -0.39 is 17.6 Å². The van der Waals surface area contributed by atoms with Crippen molar-refractivity contribution in [3.05, 3.63) is 65.5 Å². The molecule has 132 valence electrons. The van der Waals surface area contributed by atoms with Gasteiger partial charge in [-0.25, -0.2) is 9.38 Å². The van der Waals surface area contributed by atoms with Gasteiger partial charge in [0.1, 0.15) is 22.7 Å². The van der Waals surface area contributed by atoms with Crippen molar-refractivity contribution in [2.24, 2.45) is 4.99 Å². The zero-order valence-electron chi connectivity index (χ0n) is 14.1. The van der Waals surface area contributed by atoms with Crippen LogP contribution >= 0.6 is 0 Å². The molecule has 0 saturated carbocycles. The molecule has 0 spiro atoms. The molecule has 1 heterocycles. The Morgan fingerprint density at radius 1 is 1.15 bits per heavy atom. The number of nitrogens with one attached hydrogen (secondary N) is 1. The van der Waals surface area contributed by atoms with Gasteiger partial charge in [-0.2, -0.15) is 0 Å². The number of nitrogens with zero attached hydrogens (tertiary/aromatic N) is 1. The van der Waals surface area contributed by atoms with E-state index in [2.05, 4.69) is 10.3 Å². The van der Waals surface area contributed by atoms with Crippen LogP contribution in [0.15, 0.2) is 57.9 Å². The second-order valence-electron chi connectivity index (χ2n) is 5.47. The fourth-order valence-corrected chi connectivity index (χ4v) is 2.37. The Morgan fingerprint density at radius 3 is 2.65 bits per heavy atom. The van der Waals surface area contributed by atoms with Gasteiger partial charge in [0.05, 0.1) is 12.8 Å². The van der Waals surface area contributed by atoms with Crippen LogP contribution in [0.25, 0.3) is 11.0 Å². The molecule has 0 aliphatic rings. The van der Waals surface area contributed by atoms with Gasteiger partial charge in [-0.05, 0) is 42.5 Å². The summed E-state index contributed by atoms with van der Waals surface area (Å²) in [6, 6.07) is 12.2. The molecule has 1 aromatic heterocycles. The van der Waals surface area contributed by atoms with Crippen molar-refractivity contribution in [3.63, 3.8) is 0 Å². The van der Waals surface area contributed by atoms with Crippen molar-refractivity contribution in [3.8, 4) is 5.75 Å². The summed E-state index contributed by atoms with van der Waals surface area (Å²) in [7, 11) is 1.52. The molecule has 0 atom stereocenters. The SMILES string of the molecule is COc1ccc2oc(=Nc3cccc(F)c3)c(C(=O)NC(C)=O)cc2c1. The molecule has 2 amide bonds. The number of carbonyl (C=O) groups excluding carboxylic acids is 2. The molecule has 3 rings (SSSR count). The summed E-state index contributed by atoms with van der Waals surface area (Å²) in [6.45, 7) is 1.22. The highest BCUT2D eigenvalue weighted by atomic mass is 19.1. The van der Waals surface area contributed by atoms with Gasteiger partial charge in [0.2, 0.25) is 11.5 Å². The van der Waals surface area contributed by atoms with Gasteiger partial charge in [-0.3, -0.25) is 14.9 Å². The Balaban J connectivity index is 2.24. The average Bonchev–Trinajstić information content (AvgIpc) is 2.60. The van der Waals surface area contributed by atoms with E-state index >= 15 is 0 Å². The Labute approximate surface area is 147 Å². The lowest BCUT2D eigenvalue weighted by Gasteiger charge is -2.06. The predicted octanol–water partition coefficient (Wildman–Crippen LogP) is 3.09. The van der Waals surface area contributed by atoms with E-state index in [9.17, 15) is 14.0 Å². The van der Waals surface area contributed by atoms with Crippen LogP contribution in [0.4, 0.5) is 10.1 Å². The van der Waals surface area contributed by atoms with Crippen molar-refractivity contribution in [2.75, 3.05) is 7.11 Å². The first-order valence-corrected chi connectivity index (χ1v) is 7.70. The summed E-state index contributed by atoms with van der Waals surface area (Å²) in [5, 5.41) is 2.78. The number of methoxy groups -OCH3 is 1. The molecule has 0 bridgehead atoms. The summed E-state index contributed by atoms with van der Waals surface area (Å²) in [5.41, 5.74) is 0.746. The third-order valence-electron chi connectivity index (χ3n) is 3.53. The third kappa shape index (κ3) is 3.77. The van der Waals surface area contributed by atoms with Crippen LogP contribution < -0.4 is 15.6 Å². The first-order chi connectivity index (χ1) is 12.5. The molecule has 2 aromatic carbocycles. The molecule has 1 N–H and O–H groups in total. The molecule has 0 radical (unpaired) electrons. The molecule has 6 nitrogen and oxygen atoms in total. The average molecular weight is 354 g/mol. The van der Waals surface area contributed by atoms with Crippen LogP contribution in [0.5, 0.6) is 5.75 Å². The van der Waals surface area contributed by atoms with E-state index in [4.69, 9.17) is 9.15 Å². The van der Waals surface area contributed by atoms with E-state index in [-0.39, 0.29) is 16.8 Å². The first kappa shape index (κ1) is 17.3. The minimum absolute atomic E-state index is 0.0352. The second kappa shape index (κ2) is 7.18. The summed E-state index contributed by atoms with van der Waals surface area (Å²) in [4.78, 5) is 27.8. The van der Waals surface area contributed by atoms with Crippen molar-refractivity contribution in [2.45, 2.75) is 6.92 Å². The lowest BCUT2D eigenvalue weighted by molar-refractivity contribution is -0.118. The number of imide groups is 1. The summed E-state index contributed by atoms with van der Waals surface area (Å²) >= 11 is 0. The highest BCUT2D eigenvalue weighted by molar-refractivity contribution is 6.05. The number of ether oxygens (including phenoxy) is 1. The molecule has 0 saturated heterocycles. The van der Waals surface area contributed by atoms with Gasteiger partial charge in [0.25, 0.3) is 5.91 Å². The van der Waals surface area contributed by atoms with Crippen LogP contribution in [-0.4, -0.2) is 18.9 Å². The summed E-state index contributed by atoms with van der Waals surface area (Å²) < 4.78 is 24.3. The minimum atomic E-state index is -0.666. The molecule has 0 unspecified atom stereocenters. The maximum absolute atomic E-state index is 13.4. The maximum Gasteiger partial charge on any atom is 0.263 e. The third-order valence-corrected chi connectivity index (χ3v) is 3.53. The van der Waals surface area contributed by atoms with E-state index in [1.165, 1.54) is 38.3 Å². The molecule has 0 fully saturated rings. The molecule has 0 aliphatic carbocycles. The zero-order chi connectivity index (χ0) is 18.7. The van der Waals surface area contributed by atoms with E-state index in [1.54, 1.807) is 24.3 Å². The van der Waals surface area contributed by atoms with Crippen molar-refractivity contribution in [1.82, 2.24) is 5.32 Å². The quantitative estimate of drug-likeness (QED) is 0.784. The Morgan fingerprint density at radius 2 is 1.96 bits per heavy atom. The standard InChI is InChI=1S/C19H15FN2O4/c1-11(23)21-18(24)16-9-12-8-15(25-2)6-7-17(12)26-19(16)22-14-5-3-4-13(20)10-14/h3-10H,1-2H3,(H,21,23,24). The number of hydrogen-bond acceptors (Lipinski definition) is 5. The fraction of sp³-hybridized carbons (Fsp3) is 0.105. The van der Waals surface area contributed by atoms with Crippen molar-refractivity contribution < 1.29 is 23.1 Å². The Kier molecular flexibility index (Phi) is 4.79. The lowest BCUT2D eigenvalue weighted by Crippen LogP contribution is -2.32. The van der Waals surface area contributed by atoms with Gasteiger partial charge < -0.3 is 9.15 Å². The van der Waals surface area contributed by atoms with E-state index in [0.29, 0.717) is 16.7 Å². The number of carbonyl (C=O) groups is 2. The van der Waals surface area contributed by atoms with Gasteiger partial charge in [0.15, 0.2) is 0 Å². The van der Waals surface area contributed by atoms with Crippen molar-refractivity contribution >= 4 is 28.5 Å². The number of fused-ring (bicyclic) bond motifs is 1. The largest absolute Gasteiger partial charge is 0.497 e. The summed E-state index contributed by atoms with van der Waals surface area (Å²) in [5.74, 6) is -1.06. The van der Waals surface area contributed by atoms with Gasteiger partial charge in [-0.1, -0.05) is 6.07 Å². The van der Waals surface area contributed by atoms with Gasteiger partial charge >= 0.3 is 0 Å². The molecule has 3 aromatic rings. The molecular formula is C19H15FN2O4. The van der Waals surface area contributed by atoms with Crippen LogP contribution in [0.3, 0.4) is 0 Å². The Bertz CT molecular complexity index is 1070. The zero-order valence-corrected chi connectivity index (χ0v) is 14.1.